The first-order valence-electron chi connectivity index (χ1n) is 6.83. The zero-order chi connectivity index (χ0) is 15.7. The Morgan fingerprint density at radius 1 is 1.14 bits per heavy atom. The van der Waals surface area contributed by atoms with Crippen LogP contribution in [0.2, 0.25) is 0 Å². The Bertz CT molecular complexity index is 799. The van der Waals surface area contributed by atoms with Crippen LogP contribution < -0.4 is 4.90 Å². The SMILES string of the molecule is Cc1cccc(/C=C2/SC(=S)N(c3ccccc3C)C2=O)n1. The lowest BCUT2D eigenvalue weighted by atomic mass is 10.2. The highest BCUT2D eigenvalue weighted by Crippen LogP contribution is 2.36. The second kappa shape index (κ2) is 6.02. The van der Waals surface area contributed by atoms with E-state index in [1.54, 1.807) is 11.0 Å². The highest BCUT2D eigenvalue weighted by Gasteiger charge is 2.33. The van der Waals surface area contributed by atoms with E-state index >= 15 is 0 Å². The third kappa shape index (κ3) is 2.82. The predicted molar refractivity (Wildman–Crippen MR) is 95.8 cm³/mol. The first kappa shape index (κ1) is 14.9. The van der Waals surface area contributed by atoms with Gasteiger partial charge in [-0.15, -0.1) is 0 Å². The fraction of sp³-hybridized carbons (Fsp3) is 0.118. The minimum atomic E-state index is -0.0902. The standard InChI is InChI=1S/C17H14N2OS2/c1-11-6-3-4-9-14(11)19-16(20)15(22-17(19)21)10-13-8-5-7-12(2)18-13/h3-10H,1-2H3/b15-10+. The summed E-state index contributed by atoms with van der Waals surface area (Å²) in [5.74, 6) is -0.0902. The van der Waals surface area contributed by atoms with E-state index in [9.17, 15) is 4.79 Å². The molecule has 1 aromatic carbocycles. The van der Waals surface area contributed by atoms with Crippen LogP contribution in [0.25, 0.3) is 6.08 Å². The molecular formula is C17H14N2OS2. The van der Waals surface area contributed by atoms with Crippen molar-refractivity contribution < 1.29 is 4.79 Å². The number of para-hydroxylation sites is 1. The van der Waals surface area contributed by atoms with Gasteiger partial charge in [-0.2, -0.15) is 0 Å². The molecule has 0 saturated carbocycles. The second-order valence-corrected chi connectivity index (χ2v) is 6.68. The molecule has 0 bridgehead atoms. The van der Waals surface area contributed by atoms with E-state index in [0.717, 1.165) is 22.6 Å². The van der Waals surface area contributed by atoms with Gasteiger partial charge in [0.1, 0.15) is 0 Å². The maximum atomic E-state index is 12.7. The Morgan fingerprint density at radius 3 is 2.64 bits per heavy atom. The van der Waals surface area contributed by atoms with Gasteiger partial charge in [-0.05, 0) is 43.7 Å². The predicted octanol–water partition coefficient (Wildman–Crippen LogP) is 4.10. The van der Waals surface area contributed by atoms with Crippen molar-refractivity contribution in [2.24, 2.45) is 0 Å². The lowest BCUT2D eigenvalue weighted by Crippen LogP contribution is -2.28. The van der Waals surface area contributed by atoms with Gasteiger partial charge in [0.2, 0.25) is 0 Å². The number of aryl methyl sites for hydroxylation is 2. The largest absolute Gasteiger partial charge is 0.270 e. The van der Waals surface area contributed by atoms with Gasteiger partial charge >= 0.3 is 0 Å². The minimum Gasteiger partial charge on any atom is -0.268 e. The van der Waals surface area contributed by atoms with Crippen molar-refractivity contribution in [3.63, 3.8) is 0 Å². The van der Waals surface area contributed by atoms with Gasteiger partial charge in [-0.1, -0.05) is 48.2 Å². The number of carbonyl (C=O) groups is 1. The monoisotopic (exact) mass is 326 g/mol. The Kier molecular flexibility index (Phi) is 4.09. The second-order valence-electron chi connectivity index (χ2n) is 5.01. The summed E-state index contributed by atoms with van der Waals surface area (Å²) in [5.41, 5.74) is 3.55. The molecule has 0 aliphatic carbocycles. The van der Waals surface area contributed by atoms with Crippen molar-refractivity contribution in [1.29, 1.82) is 0 Å². The summed E-state index contributed by atoms with van der Waals surface area (Å²) in [4.78, 5) is 19.3. The van der Waals surface area contributed by atoms with Crippen molar-refractivity contribution >= 4 is 46.0 Å². The highest BCUT2D eigenvalue weighted by molar-refractivity contribution is 8.27. The van der Waals surface area contributed by atoms with Crippen molar-refractivity contribution in [2.45, 2.75) is 13.8 Å². The molecule has 0 N–H and O–H groups in total. The third-order valence-electron chi connectivity index (χ3n) is 3.34. The molecule has 1 aromatic heterocycles. The molecule has 5 heteroatoms. The number of amides is 1. The summed E-state index contributed by atoms with van der Waals surface area (Å²) >= 11 is 6.70. The number of carbonyl (C=O) groups excluding carboxylic acids is 1. The van der Waals surface area contributed by atoms with E-state index in [1.165, 1.54) is 11.8 Å². The quantitative estimate of drug-likeness (QED) is 0.614. The number of anilines is 1. The Morgan fingerprint density at radius 2 is 1.91 bits per heavy atom. The fourth-order valence-corrected chi connectivity index (χ4v) is 3.54. The molecule has 22 heavy (non-hydrogen) atoms. The average Bonchev–Trinajstić information content (AvgIpc) is 2.74. The Hall–Kier alpha value is -1.98. The fourth-order valence-electron chi connectivity index (χ4n) is 2.27. The van der Waals surface area contributed by atoms with Crippen LogP contribution >= 0.6 is 24.0 Å². The highest BCUT2D eigenvalue weighted by atomic mass is 32.2. The van der Waals surface area contributed by atoms with Gasteiger partial charge in [0.15, 0.2) is 4.32 Å². The van der Waals surface area contributed by atoms with Gasteiger partial charge in [0.05, 0.1) is 16.3 Å². The van der Waals surface area contributed by atoms with Gasteiger partial charge in [-0.25, -0.2) is 0 Å². The number of thiocarbonyl (C=S) groups is 1. The van der Waals surface area contributed by atoms with Crippen LogP contribution in [0, 0.1) is 13.8 Å². The van der Waals surface area contributed by atoms with E-state index in [-0.39, 0.29) is 5.91 Å². The molecule has 0 radical (unpaired) electrons. The van der Waals surface area contributed by atoms with Crippen molar-refractivity contribution in [3.05, 3.63) is 64.3 Å². The maximum Gasteiger partial charge on any atom is 0.270 e. The van der Waals surface area contributed by atoms with E-state index in [1.807, 2.05) is 56.3 Å². The molecule has 1 aliphatic rings. The van der Waals surface area contributed by atoms with Crippen LogP contribution in [0.15, 0.2) is 47.4 Å². The van der Waals surface area contributed by atoms with Crippen molar-refractivity contribution in [3.8, 4) is 0 Å². The van der Waals surface area contributed by atoms with Gasteiger partial charge in [0.25, 0.3) is 5.91 Å². The van der Waals surface area contributed by atoms with Crippen LogP contribution in [0.1, 0.15) is 17.0 Å². The summed E-state index contributed by atoms with van der Waals surface area (Å²) in [6.45, 7) is 3.90. The summed E-state index contributed by atoms with van der Waals surface area (Å²) < 4.78 is 0.554. The number of hydrogen-bond donors (Lipinski definition) is 0. The number of rotatable bonds is 2. The first-order valence-corrected chi connectivity index (χ1v) is 8.06. The summed E-state index contributed by atoms with van der Waals surface area (Å²) in [6, 6.07) is 13.5. The molecule has 3 nitrogen and oxygen atoms in total. The molecule has 1 amide bonds. The normalized spacial score (nSPS) is 16.6. The molecule has 1 fully saturated rings. The minimum absolute atomic E-state index is 0.0902. The molecule has 0 atom stereocenters. The molecule has 0 spiro atoms. The summed E-state index contributed by atoms with van der Waals surface area (Å²) in [5, 5.41) is 0. The molecule has 0 unspecified atom stereocenters. The molecule has 3 rings (SSSR count). The number of thioether (sulfide) groups is 1. The lowest BCUT2D eigenvalue weighted by Gasteiger charge is -2.16. The number of nitrogens with zero attached hydrogens (tertiary/aromatic N) is 2. The van der Waals surface area contributed by atoms with E-state index in [0.29, 0.717) is 9.23 Å². The average molecular weight is 326 g/mol. The molecule has 2 aromatic rings. The van der Waals surface area contributed by atoms with Crippen LogP contribution in [0.3, 0.4) is 0 Å². The van der Waals surface area contributed by atoms with Gasteiger partial charge in [-0.3, -0.25) is 14.7 Å². The topological polar surface area (TPSA) is 33.2 Å². The number of pyridine rings is 1. The third-order valence-corrected chi connectivity index (χ3v) is 4.64. The smallest absolute Gasteiger partial charge is 0.268 e. The number of aromatic nitrogens is 1. The first-order chi connectivity index (χ1) is 10.6. The Balaban J connectivity index is 1.97. The summed E-state index contributed by atoms with van der Waals surface area (Å²) in [6.07, 6.45) is 1.80. The van der Waals surface area contributed by atoms with Crippen LogP contribution in [-0.4, -0.2) is 15.2 Å². The lowest BCUT2D eigenvalue weighted by molar-refractivity contribution is -0.113. The van der Waals surface area contributed by atoms with Crippen LogP contribution in [0.4, 0.5) is 5.69 Å². The zero-order valence-electron chi connectivity index (χ0n) is 12.2. The van der Waals surface area contributed by atoms with Gasteiger partial charge < -0.3 is 0 Å². The van der Waals surface area contributed by atoms with E-state index in [4.69, 9.17) is 12.2 Å². The zero-order valence-corrected chi connectivity index (χ0v) is 13.9. The molecule has 110 valence electrons. The van der Waals surface area contributed by atoms with E-state index < -0.39 is 0 Å². The molecule has 2 heterocycles. The maximum absolute atomic E-state index is 12.7. The van der Waals surface area contributed by atoms with E-state index in [2.05, 4.69) is 4.98 Å². The molecular weight excluding hydrogens is 312 g/mol. The molecule has 1 aliphatic heterocycles. The molecule has 1 saturated heterocycles. The van der Waals surface area contributed by atoms with Gasteiger partial charge in [0, 0.05) is 5.69 Å². The Labute approximate surface area is 139 Å². The van der Waals surface area contributed by atoms with Crippen LogP contribution in [0.5, 0.6) is 0 Å². The summed E-state index contributed by atoms with van der Waals surface area (Å²) in [7, 11) is 0. The van der Waals surface area contributed by atoms with Crippen LogP contribution in [-0.2, 0) is 4.79 Å². The number of benzene rings is 1. The van der Waals surface area contributed by atoms with Crippen molar-refractivity contribution in [1.82, 2.24) is 4.98 Å². The van der Waals surface area contributed by atoms with Crippen molar-refractivity contribution in [2.75, 3.05) is 4.90 Å². The number of hydrogen-bond acceptors (Lipinski definition) is 4.